The maximum Gasteiger partial charge on any atom is 0.301 e. The van der Waals surface area contributed by atoms with Gasteiger partial charge in [0.25, 0.3) is 11.6 Å². The van der Waals surface area contributed by atoms with Crippen molar-refractivity contribution in [3.63, 3.8) is 0 Å². The summed E-state index contributed by atoms with van der Waals surface area (Å²) in [4.78, 5) is 26.7. The Morgan fingerprint density at radius 1 is 1.48 bits per heavy atom. The highest BCUT2D eigenvalue weighted by Gasteiger charge is 2.21. The van der Waals surface area contributed by atoms with E-state index in [1.165, 1.54) is 24.5 Å². The number of aromatic nitrogens is 1. The van der Waals surface area contributed by atoms with Crippen LogP contribution in [0.3, 0.4) is 0 Å². The Labute approximate surface area is 120 Å². The first-order valence-corrected chi connectivity index (χ1v) is 6.27. The van der Waals surface area contributed by atoms with Crippen LogP contribution in [0.1, 0.15) is 23.0 Å². The Balaban J connectivity index is 2.35. The zero-order valence-corrected chi connectivity index (χ0v) is 11.5. The van der Waals surface area contributed by atoms with Crippen LogP contribution in [0.25, 0.3) is 0 Å². The number of anilines is 2. The number of hydrogen-bond acceptors (Lipinski definition) is 6. The fraction of sp³-hybridized carbons (Fsp3) is 0.231. The lowest BCUT2D eigenvalue weighted by Crippen LogP contribution is -2.16. The second-order valence-electron chi connectivity index (χ2n) is 4.24. The molecule has 110 valence electrons. The van der Waals surface area contributed by atoms with Crippen molar-refractivity contribution in [3.8, 4) is 0 Å². The summed E-state index contributed by atoms with van der Waals surface area (Å²) < 4.78 is 5.04. The molecule has 0 fully saturated rings. The van der Waals surface area contributed by atoms with Crippen molar-refractivity contribution in [3.05, 3.63) is 45.8 Å². The van der Waals surface area contributed by atoms with E-state index in [0.717, 1.165) is 0 Å². The molecule has 0 aliphatic rings. The number of carbonyl (C=O) groups is 1. The number of nitrogens with one attached hydrogen (secondary N) is 2. The van der Waals surface area contributed by atoms with Gasteiger partial charge in [0, 0.05) is 12.6 Å². The van der Waals surface area contributed by atoms with Gasteiger partial charge in [0.1, 0.15) is 12.0 Å². The van der Waals surface area contributed by atoms with Gasteiger partial charge in [-0.05, 0) is 19.9 Å². The van der Waals surface area contributed by atoms with Crippen LogP contribution >= 0.6 is 0 Å². The van der Waals surface area contributed by atoms with E-state index in [4.69, 9.17) is 4.42 Å². The molecule has 8 nitrogen and oxygen atoms in total. The van der Waals surface area contributed by atoms with Gasteiger partial charge in [-0.25, -0.2) is 0 Å². The molecule has 0 atom stereocenters. The Hall–Kier alpha value is -2.90. The molecule has 0 unspecified atom stereocenters. The highest BCUT2D eigenvalue weighted by molar-refractivity contribution is 6.08. The van der Waals surface area contributed by atoms with Gasteiger partial charge in [0.2, 0.25) is 0 Å². The minimum Gasteiger partial charge on any atom is -0.432 e. The van der Waals surface area contributed by atoms with Gasteiger partial charge in [-0.1, -0.05) is 6.07 Å². The summed E-state index contributed by atoms with van der Waals surface area (Å²) in [7, 11) is 0. The van der Waals surface area contributed by atoms with Gasteiger partial charge >= 0.3 is 6.01 Å². The van der Waals surface area contributed by atoms with Crippen molar-refractivity contribution >= 4 is 23.3 Å². The van der Waals surface area contributed by atoms with E-state index in [-0.39, 0.29) is 23.0 Å². The lowest BCUT2D eigenvalue weighted by atomic mass is 10.1. The number of nitro benzene ring substituents is 1. The number of benzene rings is 1. The number of para-hydroxylation sites is 1. The fourth-order valence-electron chi connectivity index (χ4n) is 1.82. The van der Waals surface area contributed by atoms with Crippen molar-refractivity contribution in [2.24, 2.45) is 0 Å². The number of hydrogen-bond donors (Lipinski definition) is 2. The number of nitrogens with zero attached hydrogens (tertiary/aromatic N) is 2. The van der Waals surface area contributed by atoms with Crippen LogP contribution in [-0.2, 0) is 0 Å². The molecule has 0 saturated carbocycles. The monoisotopic (exact) mass is 290 g/mol. The molecule has 1 aromatic heterocycles. The quantitative estimate of drug-likeness (QED) is 0.646. The van der Waals surface area contributed by atoms with Gasteiger partial charge in [0.05, 0.1) is 16.2 Å². The smallest absolute Gasteiger partial charge is 0.301 e. The molecule has 0 radical (unpaired) electrons. The first-order chi connectivity index (χ1) is 10.0. The van der Waals surface area contributed by atoms with Gasteiger partial charge in [-0.2, -0.15) is 4.98 Å². The van der Waals surface area contributed by atoms with Crippen LogP contribution in [0, 0.1) is 17.0 Å². The van der Waals surface area contributed by atoms with Crippen molar-refractivity contribution in [2.45, 2.75) is 13.8 Å². The summed E-state index contributed by atoms with van der Waals surface area (Å²) in [6.45, 7) is 3.95. The molecule has 2 aromatic rings. The Kier molecular flexibility index (Phi) is 4.17. The number of carbonyl (C=O) groups excluding carboxylic acids is 1. The first kappa shape index (κ1) is 14.5. The average Bonchev–Trinajstić information content (AvgIpc) is 2.84. The third kappa shape index (κ3) is 3.16. The predicted octanol–water partition coefficient (Wildman–Crippen LogP) is 2.58. The predicted molar refractivity (Wildman–Crippen MR) is 76.5 cm³/mol. The molecule has 1 heterocycles. The van der Waals surface area contributed by atoms with Crippen LogP contribution in [0.4, 0.5) is 17.4 Å². The SMILES string of the molecule is CCNc1c(C(=O)Nc2nc(C)co2)cccc1[N+](=O)[O-]. The largest absolute Gasteiger partial charge is 0.432 e. The van der Waals surface area contributed by atoms with E-state index in [2.05, 4.69) is 15.6 Å². The third-order valence-corrected chi connectivity index (χ3v) is 2.68. The zero-order valence-electron chi connectivity index (χ0n) is 11.5. The summed E-state index contributed by atoms with van der Waals surface area (Å²) in [6.07, 6.45) is 1.40. The Morgan fingerprint density at radius 2 is 2.24 bits per heavy atom. The maximum absolute atomic E-state index is 12.2. The number of nitro groups is 1. The minimum atomic E-state index is -0.538. The van der Waals surface area contributed by atoms with Gasteiger partial charge in [-0.15, -0.1) is 0 Å². The van der Waals surface area contributed by atoms with Crippen LogP contribution in [0.5, 0.6) is 0 Å². The molecule has 0 aliphatic heterocycles. The lowest BCUT2D eigenvalue weighted by Gasteiger charge is -2.10. The van der Waals surface area contributed by atoms with E-state index < -0.39 is 10.8 Å². The summed E-state index contributed by atoms with van der Waals surface area (Å²) in [5, 5.41) is 16.3. The molecule has 0 saturated heterocycles. The van der Waals surface area contributed by atoms with Crippen molar-refractivity contribution in [2.75, 3.05) is 17.2 Å². The van der Waals surface area contributed by atoms with Gasteiger partial charge in [-0.3, -0.25) is 20.2 Å². The third-order valence-electron chi connectivity index (χ3n) is 2.68. The van der Waals surface area contributed by atoms with Crippen LogP contribution < -0.4 is 10.6 Å². The molecule has 0 bridgehead atoms. The van der Waals surface area contributed by atoms with Crippen LogP contribution in [0.2, 0.25) is 0 Å². The van der Waals surface area contributed by atoms with E-state index in [1.54, 1.807) is 13.8 Å². The second kappa shape index (κ2) is 6.04. The maximum atomic E-state index is 12.2. The topological polar surface area (TPSA) is 110 Å². The normalized spacial score (nSPS) is 10.2. The molecule has 1 amide bonds. The lowest BCUT2D eigenvalue weighted by molar-refractivity contribution is -0.384. The Morgan fingerprint density at radius 3 is 2.81 bits per heavy atom. The number of aryl methyl sites for hydroxylation is 1. The van der Waals surface area contributed by atoms with Crippen molar-refractivity contribution < 1.29 is 14.1 Å². The van der Waals surface area contributed by atoms with Crippen LogP contribution in [-0.4, -0.2) is 22.4 Å². The molecule has 2 rings (SSSR count). The number of amides is 1. The van der Waals surface area contributed by atoms with E-state index in [1.807, 2.05) is 0 Å². The number of rotatable bonds is 5. The molecule has 0 spiro atoms. The summed E-state index contributed by atoms with van der Waals surface area (Å²) in [5.41, 5.74) is 0.789. The Bertz CT molecular complexity index is 681. The van der Waals surface area contributed by atoms with Gasteiger partial charge < -0.3 is 9.73 Å². The fourth-order valence-corrected chi connectivity index (χ4v) is 1.82. The van der Waals surface area contributed by atoms with Crippen LogP contribution in [0.15, 0.2) is 28.9 Å². The summed E-state index contributed by atoms with van der Waals surface area (Å²) in [6, 6.07) is 4.33. The first-order valence-electron chi connectivity index (χ1n) is 6.27. The molecule has 0 aliphatic carbocycles. The summed E-state index contributed by atoms with van der Waals surface area (Å²) in [5.74, 6) is -0.531. The summed E-state index contributed by atoms with van der Waals surface area (Å²) >= 11 is 0. The van der Waals surface area contributed by atoms with E-state index in [0.29, 0.717) is 12.2 Å². The van der Waals surface area contributed by atoms with E-state index >= 15 is 0 Å². The van der Waals surface area contributed by atoms with Crippen molar-refractivity contribution in [1.82, 2.24) is 4.98 Å². The van der Waals surface area contributed by atoms with Gasteiger partial charge in [0.15, 0.2) is 0 Å². The molecule has 1 aromatic carbocycles. The average molecular weight is 290 g/mol. The number of oxazole rings is 1. The van der Waals surface area contributed by atoms with Crippen molar-refractivity contribution in [1.29, 1.82) is 0 Å². The minimum absolute atomic E-state index is 0.0476. The standard InChI is InChI=1S/C13H14N4O4/c1-3-14-11-9(5-4-6-10(11)17(19)20)12(18)16-13-15-8(2)7-21-13/h4-7,14H,3H2,1-2H3,(H,15,16,18). The highest BCUT2D eigenvalue weighted by atomic mass is 16.6. The molecule has 2 N–H and O–H groups in total. The highest BCUT2D eigenvalue weighted by Crippen LogP contribution is 2.28. The molecule has 8 heteroatoms. The molecular weight excluding hydrogens is 276 g/mol. The molecule has 21 heavy (non-hydrogen) atoms. The second-order valence-corrected chi connectivity index (χ2v) is 4.24. The zero-order chi connectivity index (χ0) is 15.4. The molecular formula is C13H14N4O4. The van der Waals surface area contributed by atoms with E-state index in [9.17, 15) is 14.9 Å².